The Morgan fingerprint density at radius 1 is 1.55 bits per heavy atom. The second kappa shape index (κ2) is 2.80. The summed E-state index contributed by atoms with van der Waals surface area (Å²) in [5.41, 5.74) is 6.15. The highest BCUT2D eigenvalue weighted by Crippen LogP contribution is 2.12. The van der Waals surface area contributed by atoms with Crippen LogP contribution in [0.25, 0.3) is 4.98 Å². The smallest absolute Gasteiger partial charge is 0.384 e. The largest absolute Gasteiger partial charge is 0.385 e. The van der Waals surface area contributed by atoms with Crippen molar-refractivity contribution in [3.05, 3.63) is 34.8 Å². The highest BCUT2D eigenvalue weighted by molar-refractivity contribution is 5.95. The predicted molar refractivity (Wildman–Crippen MR) is 42.2 cm³/mol. The maximum Gasteiger partial charge on any atom is 0.385 e. The van der Waals surface area contributed by atoms with Gasteiger partial charge in [0.25, 0.3) is 0 Å². The van der Waals surface area contributed by atoms with E-state index in [0.29, 0.717) is 11.3 Å². The lowest BCUT2D eigenvalue weighted by molar-refractivity contribution is 1.42. The Bertz CT molecular complexity index is 323. The summed E-state index contributed by atoms with van der Waals surface area (Å²) in [6.45, 7) is 0. The Morgan fingerprint density at radius 2 is 2.27 bits per heavy atom. The molecule has 0 aliphatic heterocycles. The van der Waals surface area contributed by atoms with Gasteiger partial charge in [0.05, 0.1) is 0 Å². The molecule has 1 rings (SSSR count). The first-order chi connectivity index (χ1) is 5.24. The summed E-state index contributed by atoms with van der Waals surface area (Å²) in [6, 6.07) is 6.50. The summed E-state index contributed by atoms with van der Waals surface area (Å²) in [4.78, 5) is 2.96. The number of nitrogen functional groups attached to an aromatic ring is 1. The van der Waals surface area contributed by atoms with Crippen LogP contribution >= 0.6 is 0 Å². The monoisotopic (exact) mass is 147 g/mol. The maximum absolute atomic E-state index is 8.36. The molecule has 0 aliphatic carbocycles. The fourth-order valence-corrected chi connectivity index (χ4v) is 0.736. The number of rotatable bonds is 1. The fourth-order valence-electron chi connectivity index (χ4n) is 0.736. The first kappa shape index (κ1) is 7.22. The molecule has 0 atom stereocenters. The van der Waals surface area contributed by atoms with Crippen LogP contribution in [0.2, 0.25) is 0 Å². The minimum atomic E-state index is -0.0319. The van der Waals surface area contributed by atoms with Crippen LogP contribution in [0.4, 0.5) is 5.69 Å². The quantitative estimate of drug-likeness (QED) is 0.358. The molecule has 4 heteroatoms. The van der Waals surface area contributed by atoms with Crippen LogP contribution in [0.1, 0.15) is 5.56 Å². The number of amidine groups is 1. The van der Waals surface area contributed by atoms with Crippen molar-refractivity contribution in [1.82, 2.24) is 0 Å². The van der Waals surface area contributed by atoms with Crippen molar-refractivity contribution in [2.24, 2.45) is 5.73 Å². The van der Waals surface area contributed by atoms with Gasteiger partial charge in [-0.3, -0.25) is 5.41 Å². The molecule has 0 radical (unpaired) electrons. The molecule has 11 heavy (non-hydrogen) atoms. The van der Waals surface area contributed by atoms with Gasteiger partial charge in [0.2, 0.25) is 5.39 Å². The van der Waals surface area contributed by atoms with E-state index in [0.717, 1.165) is 0 Å². The molecule has 0 fully saturated rings. The zero-order valence-electron chi connectivity index (χ0n) is 5.78. The molecule has 0 unspecified atom stereocenters. The Morgan fingerprint density at radius 3 is 2.82 bits per heavy atom. The van der Waals surface area contributed by atoms with Crippen molar-refractivity contribution < 1.29 is 0 Å². The molecule has 54 valence electrons. The SMILES string of the molecule is N#[N+]c1cccc(C(=N)N)c1. The molecule has 0 spiro atoms. The topological polar surface area (TPSA) is 78.0 Å². The molecule has 0 aromatic heterocycles. The van der Waals surface area contributed by atoms with Crippen LogP contribution in [-0.2, 0) is 0 Å². The lowest BCUT2D eigenvalue weighted by Gasteiger charge is -1.91. The third-order valence-corrected chi connectivity index (χ3v) is 1.27. The molecular formula is C7H7N4+. The highest BCUT2D eigenvalue weighted by Gasteiger charge is 2.05. The van der Waals surface area contributed by atoms with E-state index < -0.39 is 0 Å². The molecule has 1 aromatic carbocycles. The van der Waals surface area contributed by atoms with E-state index in [-0.39, 0.29) is 5.84 Å². The van der Waals surface area contributed by atoms with Gasteiger partial charge >= 0.3 is 5.69 Å². The third kappa shape index (κ3) is 1.52. The van der Waals surface area contributed by atoms with Crippen LogP contribution in [0.3, 0.4) is 0 Å². The molecule has 0 saturated heterocycles. The van der Waals surface area contributed by atoms with Gasteiger partial charge in [0.15, 0.2) is 4.98 Å². The van der Waals surface area contributed by atoms with Gasteiger partial charge in [-0.1, -0.05) is 12.1 Å². The lowest BCUT2D eigenvalue weighted by atomic mass is 10.2. The molecule has 3 N–H and O–H groups in total. The number of benzene rings is 1. The van der Waals surface area contributed by atoms with Crippen LogP contribution in [0.15, 0.2) is 24.3 Å². The lowest BCUT2D eigenvalue weighted by Crippen LogP contribution is -2.10. The van der Waals surface area contributed by atoms with Crippen molar-refractivity contribution in [1.29, 1.82) is 10.8 Å². The molecule has 0 saturated carbocycles. The standard InChI is InChI=1S/C7H7N4/c8-7(9)5-2-1-3-6(4-5)11-10/h1-4H,(H3,8,9)/q+1. The van der Waals surface area contributed by atoms with Crippen LogP contribution in [0.5, 0.6) is 0 Å². The Hall–Kier alpha value is -1.89. The van der Waals surface area contributed by atoms with Gasteiger partial charge in [-0.15, -0.1) is 0 Å². The molecule has 0 amide bonds. The van der Waals surface area contributed by atoms with E-state index in [1.807, 2.05) is 0 Å². The second-order valence-corrected chi connectivity index (χ2v) is 2.06. The molecule has 0 bridgehead atoms. The zero-order chi connectivity index (χ0) is 8.27. The Balaban J connectivity index is 3.13. The minimum absolute atomic E-state index is 0.0319. The van der Waals surface area contributed by atoms with E-state index in [9.17, 15) is 0 Å². The number of nitrogens with two attached hydrogens (primary N) is 1. The van der Waals surface area contributed by atoms with Crippen molar-refractivity contribution in [2.75, 3.05) is 0 Å². The van der Waals surface area contributed by atoms with Crippen molar-refractivity contribution in [3.8, 4) is 0 Å². The summed E-state index contributed by atoms with van der Waals surface area (Å²) in [5.74, 6) is -0.0319. The molecule has 1 aromatic rings. The number of hydrogen-bond acceptors (Lipinski definition) is 2. The van der Waals surface area contributed by atoms with E-state index in [2.05, 4.69) is 4.98 Å². The Kier molecular flexibility index (Phi) is 1.83. The van der Waals surface area contributed by atoms with Gasteiger partial charge in [-0.25, -0.2) is 0 Å². The number of diazo groups is 1. The second-order valence-electron chi connectivity index (χ2n) is 2.06. The minimum Gasteiger partial charge on any atom is -0.384 e. The normalized spacial score (nSPS) is 8.64. The average molecular weight is 147 g/mol. The fraction of sp³-hybridized carbons (Fsp3) is 0. The van der Waals surface area contributed by atoms with Gasteiger partial charge in [-0.05, 0) is 0 Å². The molecule has 0 aliphatic rings. The van der Waals surface area contributed by atoms with E-state index in [1.54, 1.807) is 18.2 Å². The van der Waals surface area contributed by atoms with Gasteiger partial charge in [-0.2, -0.15) is 0 Å². The van der Waals surface area contributed by atoms with Crippen molar-refractivity contribution in [2.45, 2.75) is 0 Å². The average Bonchev–Trinajstić information content (AvgIpc) is 2.05. The van der Waals surface area contributed by atoms with E-state index in [1.165, 1.54) is 6.07 Å². The van der Waals surface area contributed by atoms with E-state index in [4.69, 9.17) is 16.5 Å². The number of nitrogens with one attached hydrogen (secondary N) is 1. The van der Waals surface area contributed by atoms with Gasteiger partial charge in [0, 0.05) is 17.7 Å². The van der Waals surface area contributed by atoms with Crippen LogP contribution < -0.4 is 5.73 Å². The highest BCUT2D eigenvalue weighted by atomic mass is 14.8. The predicted octanol–water partition coefficient (Wildman–Crippen LogP) is 1.46. The van der Waals surface area contributed by atoms with Gasteiger partial charge < -0.3 is 5.73 Å². The third-order valence-electron chi connectivity index (χ3n) is 1.27. The molecular weight excluding hydrogens is 140 g/mol. The summed E-state index contributed by atoms with van der Waals surface area (Å²) in [7, 11) is 0. The molecule has 4 nitrogen and oxygen atoms in total. The first-order valence-corrected chi connectivity index (χ1v) is 3.03. The summed E-state index contributed by atoms with van der Waals surface area (Å²) < 4.78 is 0. The summed E-state index contributed by atoms with van der Waals surface area (Å²) in [6.07, 6.45) is 0. The Labute approximate surface area is 63.8 Å². The van der Waals surface area contributed by atoms with E-state index >= 15 is 0 Å². The summed E-state index contributed by atoms with van der Waals surface area (Å²) >= 11 is 0. The van der Waals surface area contributed by atoms with Crippen molar-refractivity contribution in [3.63, 3.8) is 0 Å². The van der Waals surface area contributed by atoms with Crippen molar-refractivity contribution >= 4 is 11.5 Å². The number of nitrogens with zero attached hydrogens (tertiary/aromatic N) is 2. The zero-order valence-corrected chi connectivity index (χ0v) is 5.78. The molecule has 0 heterocycles. The first-order valence-electron chi connectivity index (χ1n) is 3.03. The maximum atomic E-state index is 8.36. The van der Waals surface area contributed by atoms with Crippen LogP contribution in [-0.4, -0.2) is 5.84 Å². The van der Waals surface area contributed by atoms with Crippen LogP contribution in [0, 0.1) is 10.8 Å². The summed E-state index contributed by atoms with van der Waals surface area (Å²) in [5, 5.41) is 15.4. The number of hydrogen-bond donors (Lipinski definition) is 2. The van der Waals surface area contributed by atoms with Gasteiger partial charge in [0.1, 0.15) is 5.84 Å².